The summed E-state index contributed by atoms with van der Waals surface area (Å²) < 4.78 is 0. The molecule has 21 heavy (non-hydrogen) atoms. The predicted molar refractivity (Wildman–Crippen MR) is 91.0 cm³/mol. The third-order valence-corrected chi connectivity index (χ3v) is 5.20. The van der Waals surface area contributed by atoms with E-state index < -0.39 is 0 Å². The van der Waals surface area contributed by atoms with Crippen molar-refractivity contribution in [2.45, 2.75) is 31.8 Å². The van der Waals surface area contributed by atoms with Crippen LogP contribution in [0.3, 0.4) is 0 Å². The highest BCUT2D eigenvalue weighted by Crippen LogP contribution is 2.16. The predicted octanol–water partition coefficient (Wildman–Crippen LogP) is 3.20. The van der Waals surface area contributed by atoms with Crippen LogP contribution in [0.4, 0.5) is 0 Å². The summed E-state index contributed by atoms with van der Waals surface area (Å²) in [5.41, 5.74) is 1.44. The van der Waals surface area contributed by atoms with Gasteiger partial charge in [0.1, 0.15) is 0 Å². The van der Waals surface area contributed by atoms with Crippen molar-refractivity contribution in [1.82, 2.24) is 10.2 Å². The number of thiophene rings is 1. The van der Waals surface area contributed by atoms with Crippen molar-refractivity contribution in [3.8, 4) is 0 Å². The van der Waals surface area contributed by atoms with E-state index in [2.05, 4.69) is 65.0 Å². The Morgan fingerprint density at radius 2 is 2.05 bits per heavy atom. The van der Waals surface area contributed by atoms with Crippen molar-refractivity contribution < 1.29 is 0 Å². The first-order chi connectivity index (χ1) is 10.3. The number of rotatable bonds is 5. The third kappa shape index (κ3) is 4.16. The second kappa shape index (κ2) is 7.21. The lowest BCUT2D eigenvalue weighted by molar-refractivity contribution is 0.136. The summed E-state index contributed by atoms with van der Waals surface area (Å²) in [7, 11) is 0. The molecule has 0 aliphatic carbocycles. The Hall–Kier alpha value is -1.16. The van der Waals surface area contributed by atoms with E-state index in [4.69, 9.17) is 0 Å². The standard InChI is InChI=1S/C18H24N2S/c1-15-14-20(10-9-18-8-5-11-21-18)17(13-19-15)12-16-6-3-2-4-7-16/h2-8,11,15,17,19H,9-10,12-14H2,1H3. The number of nitrogens with one attached hydrogen (secondary N) is 1. The average molecular weight is 300 g/mol. The summed E-state index contributed by atoms with van der Waals surface area (Å²) in [5, 5.41) is 5.81. The van der Waals surface area contributed by atoms with Crippen molar-refractivity contribution in [2.75, 3.05) is 19.6 Å². The molecule has 0 spiro atoms. The SMILES string of the molecule is CC1CN(CCc2cccs2)C(Cc2ccccc2)CN1. The first-order valence-electron chi connectivity index (χ1n) is 7.85. The van der Waals surface area contributed by atoms with Crippen molar-refractivity contribution in [3.05, 3.63) is 58.3 Å². The molecule has 2 nitrogen and oxygen atoms in total. The zero-order valence-corrected chi connectivity index (χ0v) is 13.5. The summed E-state index contributed by atoms with van der Waals surface area (Å²) in [4.78, 5) is 4.17. The van der Waals surface area contributed by atoms with Crippen molar-refractivity contribution >= 4 is 11.3 Å². The molecular weight excluding hydrogens is 276 g/mol. The molecule has 1 aromatic carbocycles. The van der Waals surface area contributed by atoms with E-state index in [1.807, 2.05) is 11.3 Å². The lowest BCUT2D eigenvalue weighted by atomic mass is 10.0. The van der Waals surface area contributed by atoms with Gasteiger partial charge in [-0.1, -0.05) is 36.4 Å². The highest BCUT2D eigenvalue weighted by molar-refractivity contribution is 7.09. The normalized spacial score (nSPS) is 23.3. The molecule has 3 rings (SSSR count). The van der Waals surface area contributed by atoms with Gasteiger partial charge in [0.25, 0.3) is 0 Å². The number of piperazine rings is 1. The molecule has 1 N–H and O–H groups in total. The highest BCUT2D eigenvalue weighted by Gasteiger charge is 2.25. The van der Waals surface area contributed by atoms with Crippen LogP contribution in [-0.2, 0) is 12.8 Å². The quantitative estimate of drug-likeness (QED) is 0.912. The van der Waals surface area contributed by atoms with Crippen LogP contribution in [0, 0.1) is 0 Å². The number of hydrogen-bond acceptors (Lipinski definition) is 3. The van der Waals surface area contributed by atoms with Crippen LogP contribution >= 0.6 is 11.3 Å². The maximum Gasteiger partial charge on any atom is 0.0261 e. The first kappa shape index (κ1) is 14.8. The minimum atomic E-state index is 0.598. The van der Waals surface area contributed by atoms with Gasteiger partial charge in [0.15, 0.2) is 0 Å². The minimum Gasteiger partial charge on any atom is -0.311 e. The Bertz CT molecular complexity index is 523. The van der Waals surface area contributed by atoms with Gasteiger partial charge < -0.3 is 5.32 Å². The summed E-state index contributed by atoms with van der Waals surface area (Å²) in [6.07, 6.45) is 2.32. The van der Waals surface area contributed by atoms with Crippen LogP contribution in [-0.4, -0.2) is 36.6 Å². The summed E-state index contributed by atoms with van der Waals surface area (Å²) in [6.45, 7) is 5.71. The van der Waals surface area contributed by atoms with Crippen LogP contribution in [0.1, 0.15) is 17.4 Å². The van der Waals surface area contributed by atoms with Gasteiger partial charge in [-0.25, -0.2) is 0 Å². The maximum atomic E-state index is 3.64. The molecule has 0 radical (unpaired) electrons. The molecule has 1 fully saturated rings. The lowest BCUT2D eigenvalue weighted by Gasteiger charge is -2.39. The second-order valence-corrected chi connectivity index (χ2v) is 7.01. The van der Waals surface area contributed by atoms with E-state index in [9.17, 15) is 0 Å². The van der Waals surface area contributed by atoms with Crippen LogP contribution in [0.5, 0.6) is 0 Å². The van der Waals surface area contributed by atoms with Gasteiger partial charge in [0, 0.05) is 36.6 Å². The van der Waals surface area contributed by atoms with Gasteiger partial charge in [-0.15, -0.1) is 11.3 Å². The molecular formula is C18H24N2S. The molecule has 3 heteroatoms. The molecule has 0 saturated carbocycles. The molecule has 112 valence electrons. The van der Waals surface area contributed by atoms with Crippen molar-refractivity contribution in [1.29, 1.82) is 0 Å². The third-order valence-electron chi connectivity index (χ3n) is 4.27. The maximum absolute atomic E-state index is 3.64. The number of hydrogen-bond donors (Lipinski definition) is 1. The van der Waals surface area contributed by atoms with E-state index in [-0.39, 0.29) is 0 Å². The van der Waals surface area contributed by atoms with E-state index in [1.165, 1.54) is 23.4 Å². The van der Waals surface area contributed by atoms with Crippen molar-refractivity contribution in [3.63, 3.8) is 0 Å². The Morgan fingerprint density at radius 1 is 1.19 bits per heavy atom. The summed E-state index contributed by atoms with van der Waals surface area (Å²) in [5.74, 6) is 0. The molecule has 2 aromatic rings. The number of nitrogens with zero attached hydrogens (tertiary/aromatic N) is 1. The average Bonchev–Trinajstić information content (AvgIpc) is 3.02. The Labute approximate surface area is 131 Å². The second-order valence-electron chi connectivity index (χ2n) is 5.98. The van der Waals surface area contributed by atoms with Gasteiger partial charge in [-0.3, -0.25) is 4.90 Å². The molecule has 2 heterocycles. The molecule has 0 bridgehead atoms. The summed E-state index contributed by atoms with van der Waals surface area (Å²) in [6, 6.07) is 16.5. The smallest absolute Gasteiger partial charge is 0.0261 e. The zero-order valence-electron chi connectivity index (χ0n) is 12.7. The van der Waals surface area contributed by atoms with Crippen LogP contribution in [0.25, 0.3) is 0 Å². The van der Waals surface area contributed by atoms with Gasteiger partial charge in [-0.05, 0) is 36.8 Å². The van der Waals surface area contributed by atoms with E-state index in [0.29, 0.717) is 12.1 Å². The fourth-order valence-corrected chi connectivity index (χ4v) is 3.80. The van der Waals surface area contributed by atoms with E-state index in [0.717, 1.165) is 19.5 Å². The Morgan fingerprint density at radius 3 is 2.81 bits per heavy atom. The molecule has 1 saturated heterocycles. The van der Waals surface area contributed by atoms with Gasteiger partial charge in [0.05, 0.1) is 0 Å². The molecule has 1 aliphatic rings. The van der Waals surface area contributed by atoms with Crippen LogP contribution in [0.15, 0.2) is 47.8 Å². The highest BCUT2D eigenvalue weighted by atomic mass is 32.1. The molecule has 1 aromatic heterocycles. The van der Waals surface area contributed by atoms with Crippen molar-refractivity contribution in [2.24, 2.45) is 0 Å². The Kier molecular flexibility index (Phi) is 5.07. The minimum absolute atomic E-state index is 0.598. The van der Waals surface area contributed by atoms with E-state index in [1.54, 1.807) is 0 Å². The molecule has 2 atom stereocenters. The Balaban J connectivity index is 1.62. The fraction of sp³-hybridized carbons (Fsp3) is 0.444. The number of benzene rings is 1. The zero-order chi connectivity index (χ0) is 14.5. The van der Waals surface area contributed by atoms with Crippen LogP contribution in [0.2, 0.25) is 0 Å². The molecule has 1 aliphatic heterocycles. The largest absolute Gasteiger partial charge is 0.311 e. The summed E-state index contributed by atoms with van der Waals surface area (Å²) >= 11 is 1.88. The van der Waals surface area contributed by atoms with E-state index >= 15 is 0 Å². The molecule has 2 unspecified atom stereocenters. The monoisotopic (exact) mass is 300 g/mol. The van der Waals surface area contributed by atoms with Gasteiger partial charge >= 0.3 is 0 Å². The van der Waals surface area contributed by atoms with Gasteiger partial charge in [0.2, 0.25) is 0 Å². The topological polar surface area (TPSA) is 15.3 Å². The van der Waals surface area contributed by atoms with Crippen LogP contribution < -0.4 is 5.32 Å². The van der Waals surface area contributed by atoms with Gasteiger partial charge in [-0.2, -0.15) is 0 Å². The lowest BCUT2D eigenvalue weighted by Crippen LogP contribution is -2.56. The molecule has 0 amide bonds. The fourth-order valence-electron chi connectivity index (χ4n) is 3.10. The first-order valence-corrected chi connectivity index (χ1v) is 8.73.